The van der Waals surface area contributed by atoms with Crippen LogP contribution in [0.2, 0.25) is 5.02 Å². The molecule has 3 N–H and O–H groups in total. The van der Waals surface area contributed by atoms with E-state index >= 15 is 0 Å². The van der Waals surface area contributed by atoms with E-state index in [-0.39, 0.29) is 18.1 Å². The normalized spacial score (nSPS) is 9.67. The summed E-state index contributed by atoms with van der Waals surface area (Å²) >= 11 is 6.02. The molecule has 21 heavy (non-hydrogen) atoms. The fourth-order valence-electron chi connectivity index (χ4n) is 1.55. The van der Waals surface area contributed by atoms with E-state index in [9.17, 15) is 4.79 Å². The van der Waals surface area contributed by atoms with Gasteiger partial charge in [0.2, 0.25) is 0 Å². The van der Waals surface area contributed by atoms with Crippen molar-refractivity contribution in [2.24, 2.45) is 5.73 Å². The summed E-state index contributed by atoms with van der Waals surface area (Å²) in [6.07, 6.45) is 2.96. The molecular weight excluding hydrogens is 288 g/mol. The van der Waals surface area contributed by atoms with Crippen molar-refractivity contribution >= 4 is 23.2 Å². The zero-order valence-electron chi connectivity index (χ0n) is 11.4. The molecule has 106 valence electrons. The summed E-state index contributed by atoms with van der Waals surface area (Å²) in [7, 11) is 0. The van der Waals surface area contributed by atoms with Crippen molar-refractivity contribution in [1.82, 2.24) is 9.97 Å². The molecule has 1 aromatic carbocycles. The Morgan fingerprint density at radius 1 is 1.38 bits per heavy atom. The van der Waals surface area contributed by atoms with Gasteiger partial charge in [-0.2, -0.15) is 0 Å². The summed E-state index contributed by atoms with van der Waals surface area (Å²) in [5.41, 5.74) is 7.50. The molecule has 0 aliphatic carbocycles. The lowest BCUT2D eigenvalue weighted by atomic mass is 10.2. The van der Waals surface area contributed by atoms with Crippen molar-refractivity contribution in [1.29, 1.82) is 0 Å². The van der Waals surface area contributed by atoms with E-state index in [0.29, 0.717) is 16.3 Å². The Labute approximate surface area is 127 Å². The van der Waals surface area contributed by atoms with Crippen LogP contribution in [0.15, 0.2) is 30.6 Å². The monoisotopic (exact) mass is 300 g/mol. The van der Waals surface area contributed by atoms with Gasteiger partial charge in [0.1, 0.15) is 5.69 Å². The molecule has 0 saturated heterocycles. The highest BCUT2D eigenvalue weighted by atomic mass is 35.5. The van der Waals surface area contributed by atoms with Gasteiger partial charge in [-0.3, -0.25) is 9.78 Å². The maximum absolute atomic E-state index is 12.0. The number of aryl methyl sites for hydroxylation is 1. The van der Waals surface area contributed by atoms with Crippen molar-refractivity contribution in [3.8, 4) is 11.8 Å². The van der Waals surface area contributed by atoms with Gasteiger partial charge in [0.25, 0.3) is 5.91 Å². The van der Waals surface area contributed by atoms with E-state index in [0.717, 1.165) is 5.69 Å². The molecule has 6 heteroatoms. The third-order valence-corrected chi connectivity index (χ3v) is 2.89. The van der Waals surface area contributed by atoms with Crippen LogP contribution in [-0.2, 0) is 0 Å². The number of benzene rings is 1. The summed E-state index contributed by atoms with van der Waals surface area (Å²) in [5, 5.41) is 3.23. The number of amides is 1. The van der Waals surface area contributed by atoms with Crippen LogP contribution in [0.3, 0.4) is 0 Å². The topological polar surface area (TPSA) is 80.9 Å². The highest BCUT2D eigenvalue weighted by molar-refractivity contribution is 6.31. The second kappa shape index (κ2) is 6.84. The summed E-state index contributed by atoms with van der Waals surface area (Å²) in [5.74, 6) is 5.22. The first-order valence-electron chi connectivity index (χ1n) is 6.18. The molecule has 0 spiro atoms. The molecule has 0 fully saturated rings. The zero-order valence-corrected chi connectivity index (χ0v) is 12.1. The molecule has 1 aromatic heterocycles. The van der Waals surface area contributed by atoms with Crippen LogP contribution in [0.25, 0.3) is 0 Å². The van der Waals surface area contributed by atoms with E-state index < -0.39 is 0 Å². The van der Waals surface area contributed by atoms with Crippen molar-refractivity contribution in [2.75, 3.05) is 11.9 Å². The Morgan fingerprint density at radius 2 is 2.19 bits per heavy atom. The van der Waals surface area contributed by atoms with Crippen LogP contribution in [0.5, 0.6) is 0 Å². The predicted molar refractivity (Wildman–Crippen MR) is 82.1 cm³/mol. The first kappa shape index (κ1) is 15.0. The van der Waals surface area contributed by atoms with Crippen molar-refractivity contribution in [3.63, 3.8) is 0 Å². The Bertz CT molecular complexity index is 717. The molecular formula is C15H13ClN4O. The standard InChI is InChI=1S/C15H13ClN4O/c1-10-8-19-14(9-18-10)15(21)20-12-4-5-13(16)11(7-12)3-2-6-17/h4-5,7-9H,6,17H2,1H3,(H,20,21). The molecule has 0 unspecified atom stereocenters. The lowest BCUT2D eigenvalue weighted by Gasteiger charge is -2.06. The second-order valence-electron chi connectivity index (χ2n) is 4.20. The number of hydrogen-bond donors (Lipinski definition) is 2. The first-order chi connectivity index (χ1) is 10.1. The number of halogens is 1. The quantitative estimate of drug-likeness (QED) is 0.831. The summed E-state index contributed by atoms with van der Waals surface area (Å²) in [6.45, 7) is 2.04. The SMILES string of the molecule is Cc1cnc(C(=O)Nc2ccc(Cl)c(C#CCN)c2)cn1. The van der Waals surface area contributed by atoms with Crippen LogP contribution >= 0.6 is 11.6 Å². The van der Waals surface area contributed by atoms with Crippen LogP contribution < -0.4 is 11.1 Å². The van der Waals surface area contributed by atoms with Crippen molar-refractivity contribution < 1.29 is 4.79 Å². The molecule has 0 radical (unpaired) electrons. The molecule has 0 atom stereocenters. The van der Waals surface area contributed by atoms with Gasteiger partial charge in [0.15, 0.2) is 0 Å². The van der Waals surface area contributed by atoms with E-state index in [2.05, 4.69) is 27.1 Å². The minimum absolute atomic E-state index is 0.241. The minimum Gasteiger partial charge on any atom is -0.321 e. The number of nitrogens with one attached hydrogen (secondary N) is 1. The highest BCUT2D eigenvalue weighted by Crippen LogP contribution is 2.20. The molecule has 2 rings (SSSR count). The average molecular weight is 301 g/mol. The number of aromatic nitrogens is 2. The van der Waals surface area contributed by atoms with Crippen LogP contribution in [-0.4, -0.2) is 22.4 Å². The average Bonchev–Trinajstić information content (AvgIpc) is 2.48. The largest absolute Gasteiger partial charge is 0.321 e. The Kier molecular flexibility index (Phi) is 4.88. The number of nitrogens with two attached hydrogens (primary N) is 1. The fourth-order valence-corrected chi connectivity index (χ4v) is 1.71. The highest BCUT2D eigenvalue weighted by Gasteiger charge is 2.09. The predicted octanol–water partition coefficient (Wildman–Crippen LogP) is 2.00. The summed E-state index contributed by atoms with van der Waals surface area (Å²) < 4.78 is 0. The van der Waals surface area contributed by atoms with E-state index in [1.807, 2.05) is 0 Å². The smallest absolute Gasteiger partial charge is 0.275 e. The van der Waals surface area contributed by atoms with Gasteiger partial charge in [-0.15, -0.1) is 0 Å². The molecule has 1 amide bonds. The Morgan fingerprint density at radius 3 is 2.86 bits per heavy atom. The van der Waals surface area contributed by atoms with Crippen molar-refractivity contribution in [2.45, 2.75) is 6.92 Å². The molecule has 0 saturated carbocycles. The van der Waals surface area contributed by atoms with Crippen molar-refractivity contribution in [3.05, 3.63) is 52.6 Å². The van der Waals surface area contributed by atoms with Gasteiger partial charge in [-0.05, 0) is 25.1 Å². The van der Waals surface area contributed by atoms with Gasteiger partial charge in [0.05, 0.1) is 23.5 Å². The summed E-state index contributed by atoms with van der Waals surface area (Å²) in [4.78, 5) is 20.1. The number of carbonyl (C=O) groups is 1. The third-order valence-electron chi connectivity index (χ3n) is 2.56. The number of rotatable bonds is 2. The van der Waals surface area contributed by atoms with Gasteiger partial charge >= 0.3 is 0 Å². The first-order valence-corrected chi connectivity index (χ1v) is 6.56. The summed E-state index contributed by atoms with van der Waals surface area (Å²) in [6, 6.07) is 5.04. The number of carbonyl (C=O) groups excluding carboxylic acids is 1. The fraction of sp³-hybridized carbons (Fsp3) is 0.133. The number of nitrogens with zero attached hydrogens (tertiary/aromatic N) is 2. The van der Waals surface area contributed by atoms with Gasteiger partial charge < -0.3 is 11.1 Å². The van der Waals surface area contributed by atoms with E-state index in [4.69, 9.17) is 17.3 Å². The molecule has 1 heterocycles. The molecule has 2 aromatic rings. The molecule has 0 aliphatic heterocycles. The lowest BCUT2D eigenvalue weighted by molar-refractivity contribution is 0.102. The zero-order chi connectivity index (χ0) is 15.2. The van der Waals surface area contributed by atoms with Crippen LogP contribution in [0, 0.1) is 18.8 Å². The second-order valence-corrected chi connectivity index (χ2v) is 4.60. The van der Waals surface area contributed by atoms with E-state index in [1.54, 1.807) is 25.1 Å². The Balaban J connectivity index is 2.19. The van der Waals surface area contributed by atoms with E-state index in [1.165, 1.54) is 12.4 Å². The maximum atomic E-state index is 12.0. The number of anilines is 1. The van der Waals surface area contributed by atoms with Crippen LogP contribution in [0.1, 0.15) is 21.7 Å². The van der Waals surface area contributed by atoms with Gasteiger partial charge in [-0.1, -0.05) is 23.4 Å². The Hall–Kier alpha value is -2.42. The molecule has 0 aliphatic rings. The number of hydrogen-bond acceptors (Lipinski definition) is 4. The van der Waals surface area contributed by atoms with Gasteiger partial charge in [0, 0.05) is 17.4 Å². The van der Waals surface area contributed by atoms with Crippen LogP contribution in [0.4, 0.5) is 5.69 Å². The minimum atomic E-state index is -0.345. The third kappa shape index (κ3) is 4.02. The maximum Gasteiger partial charge on any atom is 0.275 e. The van der Waals surface area contributed by atoms with Gasteiger partial charge in [-0.25, -0.2) is 4.98 Å². The molecule has 5 nitrogen and oxygen atoms in total. The molecule has 0 bridgehead atoms. The lowest BCUT2D eigenvalue weighted by Crippen LogP contribution is -2.14.